The molecule has 1 aromatic carbocycles. The number of halogens is 3. The Morgan fingerprint density at radius 1 is 1.28 bits per heavy atom. The highest BCUT2D eigenvalue weighted by Crippen LogP contribution is 2.48. The normalized spacial score (nSPS) is 16.4. The van der Waals surface area contributed by atoms with Gasteiger partial charge in [-0.15, -0.1) is 11.6 Å². The summed E-state index contributed by atoms with van der Waals surface area (Å²) in [5.74, 6) is 0.635. The Hall–Kier alpha value is -0.0600. The van der Waals surface area contributed by atoms with Gasteiger partial charge in [0.25, 0.3) is 5.91 Å². The highest BCUT2D eigenvalue weighted by atomic mass is 79.9. The van der Waals surface area contributed by atoms with Crippen LogP contribution in [0.15, 0.2) is 27.1 Å². The Bertz CT molecular complexity index is 440. The lowest BCUT2D eigenvalue weighted by Gasteiger charge is -2.14. The fraction of sp³-hybridized carbons (Fsp3) is 0.462. The van der Waals surface area contributed by atoms with Crippen LogP contribution in [0.2, 0.25) is 0 Å². The van der Waals surface area contributed by atoms with Gasteiger partial charge in [0.05, 0.1) is 0 Å². The summed E-state index contributed by atoms with van der Waals surface area (Å²) in [6.45, 7) is 0.725. The number of hydrogen-bond donors (Lipinski definition) is 1. The molecule has 1 aliphatic rings. The van der Waals surface area contributed by atoms with Gasteiger partial charge in [0.2, 0.25) is 0 Å². The zero-order chi connectivity index (χ0) is 13.2. The van der Waals surface area contributed by atoms with E-state index in [0.29, 0.717) is 11.4 Å². The maximum Gasteiger partial charge on any atom is 0.251 e. The van der Waals surface area contributed by atoms with E-state index in [1.54, 1.807) is 0 Å². The van der Waals surface area contributed by atoms with Crippen molar-refractivity contribution in [3.63, 3.8) is 0 Å². The van der Waals surface area contributed by atoms with Crippen LogP contribution in [-0.4, -0.2) is 18.3 Å². The van der Waals surface area contributed by atoms with E-state index in [-0.39, 0.29) is 11.3 Å². The molecule has 0 radical (unpaired) electrons. The quantitative estimate of drug-likeness (QED) is 0.738. The minimum absolute atomic E-state index is 0.0298. The fourth-order valence-electron chi connectivity index (χ4n) is 1.95. The molecule has 0 atom stereocenters. The molecule has 0 heterocycles. The lowest BCUT2D eigenvalue weighted by molar-refractivity contribution is 0.0944. The molecule has 0 spiro atoms. The Morgan fingerprint density at radius 2 is 1.89 bits per heavy atom. The number of carbonyl (C=O) groups is 1. The topological polar surface area (TPSA) is 29.1 Å². The average molecular weight is 396 g/mol. The second-order valence-electron chi connectivity index (χ2n) is 4.78. The molecule has 0 aliphatic heterocycles. The van der Waals surface area contributed by atoms with Crippen LogP contribution in [0.4, 0.5) is 0 Å². The molecule has 2 nitrogen and oxygen atoms in total. The minimum atomic E-state index is -0.0298. The van der Waals surface area contributed by atoms with E-state index in [2.05, 4.69) is 37.2 Å². The van der Waals surface area contributed by atoms with Crippen molar-refractivity contribution in [1.29, 1.82) is 0 Å². The first-order chi connectivity index (χ1) is 8.54. The van der Waals surface area contributed by atoms with Gasteiger partial charge in [0.15, 0.2) is 0 Å². The molecule has 0 saturated heterocycles. The van der Waals surface area contributed by atoms with Gasteiger partial charge in [0, 0.05) is 26.9 Å². The second-order valence-corrected chi connectivity index (χ2v) is 6.99. The molecule has 0 aromatic heterocycles. The zero-order valence-corrected chi connectivity index (χ0v) is 13.7. The van der Waals surface area contributed by atoms with Crippen LogP contribution in [0.3, 0.4) is 0 Å². The van der Waals surface area contributed by atoms with E-state index in [4.69, 9.17) is 11.6 Å². The summed E-state index contributed by atoms with van der Waals surface area (Å²) in [6, 6.07) is 5.55. The van der Waals surface area contributed by atoms with Crippen molar-refractivity contribution in [2.45, 2.75) is 19.3 Å². The zero-order valence-electron chi connectivity index (χ0n) is 9.81. The van der Waals surface area contributed by atoms with Crippen LogP contribution in [0, 0.1) is 5.41 Å². The summed E-state index contributed by atoms with van der Waals surface area (Å²) in [7, 11) is 0. The third-order valence-electron chi connectivity index (χ3n) is 3.33. The van der Waals surface area contributed by atoms with Crippen molar-refractivity contribution in [3.05, 3.63) is 32.7 Å². The van der Waals surface area contributed by atoms with E-state index >= 15 is 0 Å². The largest absolute Gasteiger partial charge is 0.351 e. The van der Waals surface area contributed by atoms with Crippen molar-refractivity contribution in [1.82, 2.24) is 5.32 Å². The number of carbonyl (C=O) groups excluding carboxylic acids is 1. The summed E-state index contributed by atoms with van der Waals surface area (Å²) in [6.07, 6.45) is 3.32. The monoisotopic (exact) mass is 393 g/mol. The number of hydrogen-bond acceptors (Lipinski definition) is 1. The molecule has 2 rings (SSSR count). The van der Waals surface area contributed by atoms with Crippen LogP contribution < -0.4 is 5.32 Å². The average Bonchev–Trinajstić information content (AvgIpc) is 3.06. The van der Waals surface area contributed by atoms with Gasteiger partial charge >= 0.3 is 0 Å². The van der Waals surface area contributed by atoms with Crippen molar-refractivity contribution < 1.29 is 4.79 Å². The summed E-state index contributed by atoms with van der Waals surface area (Å²) in [5.41, 5.74) is 0.929. The van der Waals surface area contributed by atoms with Crippen molar-refractivity contribution >= 4 is 49.4 Å². The van der Waals surface area contributed by atoms with E-state index in [0.717, 1.165) is 21.9 Å². The molecule has 1 saturated carbocycles. The predicted molar refractivity (Wildman–Crippen MR) is 81.2 cm³/mol. The highest BCUT2D eigenvalue weighted by Gasteiger charge is 2.41. The number of alkyl halides is 1. The third kappa shape index (κ3) is 3.72. The van der Waals surface area contributed by atoms with Gasteiger partial charge < -0.3 is 5.32 Å². The molecule has 0 unspecified atom stereocenters. The van der Waals surface area contributed by atoms with Gasteiger partial charge in [-0.05, 0) is 42.9 Å². The summed E-state index contributed by atoms with van der Waals surface area (Å²) in [5, 5.41) is 3.00. The van der Waals surface area contributed by atoms with Crippen LogP contribution in [0.5, 0.6) is 0 Å². The Balaban J connectivity index is 1.95. The maximum absolute atomic E-state index is 12.0. The SMILES string of the molecule is O=C(NCC1(CCCl)CC1)c1cc(Br)cc(Br)c1. The molecule has 18 heavy (non-hydrogen) atoms. The predicted octanol–water partition coefficient (Wildman–Crippen LogP) is 4.35. The molecule has 5 heteroatoms. The minimum Gasteiger partial charge on any atom is -0.351 e. The molecule has 0 bridgehead atoms. The summed E-state index contributed by atoms with van der Waals surface area (Å²) >= 11 is 12.5. The smallest absolute Gasteiger partial charge is 0.251 e. The third-order valence-corrected chi connectivity index (χ3v) is 4.44. The van der Waals surface area contributed by atoms with Crippen LogP contribution in [0.25, 0.3) is 0 Å². The Morgan fingerprint density at radius 3 is 2.39 bits per heavy atom. The van der Waals surface area contributed by atoms with Gasteiger partial charge in [-0.2, -0.15) is 0 Å². The number of rotatable bonds is 5. The first-order valence-corrected chi connectivity index (χ1v) is 7.97. The number of nitrogens with one attached hydrogen (secondary N) is 1. The highest BCUT2D eigenvalue weighted by molar-refractivity contribution is 9.11. The van der Waals surface area contributed by atoms with Crippen molar-refractivity contribution in [2.75, 3.05) is 12.4 Å². The molecule has 1 fully saturated rings. The molecule has 1 amide bonds. The van der Waals surface area contributed by atoms with Crippen LogP contribution >= 0.6 is 43.5 Å². The molecule has 1 aliphatic carbocycles. The van der Waals surface area contributed by atoms with E-state index in [1.807, 2.05) is 18.2 Å². The molecular weight excluding hydrogens is 381 g/mol. The summed E-state index contributed by atoms with van der Waals surface area (Å²) in [4.78, 5) is 12.0. The molecule has 1 aromatic rings. The van der Waals surface area contributed by atoms with Gasteiger partial charge in [-0.1, -0.05) is 31.9 Å². The van der Waals surface area contributed by atoms with Gasteiger partial charge in [-0.25, -0.2) is 0 Å². The molecule has 1 N–H and O–H groups in total. The maximum atomic E-state index is 12.0. The van der Waals surface area contributed by atoms with Crippen molar-refractivity contribution in [3.8, 4) is 0 Å². The molecule has 98 valence electrons. The van der Waals surface area contributed by atoms with E-state index < -0.39 is 0 Å². The Kier molecular flexibility index (Phi) is 4.73. The first-order valence-electron chi connectivity index (χ1n) is 5.85. The lowest BCUT2D eigenvalue weighted by atomic mass is 10.0. The van der Waals surface area contributed by atoms with Crippen LogP contribution in [0.1, 0.15) is 29.6 Å². The first kappa shape index (κ1) is 14.4. The van der Waals surface area contributed by atoms with Gasteiger partial charge in [-0.3, -0.25) is 4.79 Å². The summed E-state index contributed by atoms with van der Waals surface area (Å²) < 4.78 is 1.79. The van der Waals surface area contributed by atoms with Crippen LogP contribution in [-0.2, 0) is 0 Å². The fourth-order valence-corrected chi connectivity index (χ4v) is 3.64. The number of amides is 1. The Labute approximate surface area is 129 Å². The number of benzene rings is 1. The van der Waals surface area contributed by atoms with E-state index in [9.17, 15) is 4.79 Å². The lowest BCUT2D eigenvalue weighted by Crippen LogP contribution is -2.30. The second kappa shape index (κ2) is 5.93. The van der Waals surface area contributed by atoms with Gasteiger partial charge in [0.1, 0.15) is 0 Å². The van der Waals surface area contributed by atoms with Crippen molar-refractivity contribution in [2.24, 2.45) is 5.41 Å². The molecular formula is C13H14Br2ClNO. The standard InChI is InChI=1S/C13H14Br2ClNO/c14-10-5-9(6-11(15)7-10)12(18)17-8-13(1-2-13)3-4-16/h5-7H,1-4,8H2,(H,17,18). The van der Waals surface area contributed by atoms with E-state index in [1.165, 1.54) is 12.8 Å².